The molecule has 1 aromatic rings. The molecule has 1 N–H and O–H groups in total. The summed E-state index contributed by atoms with van der Waals surface area (Å²) in [6, 6.07) is 9.38. The smallest absolute Gasteiger partial charge is 0.0248 e. The molecular formula is C15H22BrNS. The summed E-state index contributed by atoms with van der Waals surface area (Å²) in [5.74, 6) is 0. The molecule has 1 nitrogen and oxygen atoms in total. The molecule has 0 radical (unpaired) electrons. The molecule has 18 heavy (non-hydrogen) atoms. The molecule has 0 bridgehead atoms. The van der Waals surface area contributed by atoms with Gasteiger partial charge in [-0.1, -0.05) is 41.8 Å². The molecule has 2 atom stereocenters. The van der Waals surface area contributed by atoms with Crippen LogP contribution in [0.3, 0.4) is 0 Å². The van der Waals surface area contributed by atoms with E-state index in [4.69, 9.17) is 0 Å². The molecule has 1 fully saturated rings. The first-order valence-corrected chi connectivity index (χ1v) is 8.62. The van der Waals surface area contributed by atoms with E-state index in [1.807, 2.05) is 11.8 Å². The fourth-order valence-electron chi connectivity index (χ4n) is 2.52. The summed E-state index contributed by atoms with van der Waals surface area (Å²) >= 11 is 5.60. The van der Waals surface area contributed by atoms with Gasteiger partial charge in [0.1, 0.15) is 0 Å². The summed E-state index contributed by atoms with van der Waals surface area (Å²) in [4.78, 5) is 1.39. The number of thioether (sulfide) groups is 1. The molecular weight excluding hydrogens is 306 g/mol. The van der Waals surface area contributed by atoms with E-state index in [1.54, 1.807) is 0 Å². The molecule has 1 aliphatic rings. The van der Waals surface area contributed by atoms with Crippen molar-refractivity contribution in [1.82, 2.24) is 5.32 Å². The van der Waals surface area contributed by atoms with E-state index in [-0.39, 0.29) is 0 Å². The molecule has 1 saturated carbocycles. The first-order valence-electron chi connectivity index (χ1n) is 6.95. The summed E-state index contributed by atoms with van der Waals surface area (Å²) in [6.07, 6.45) is 6.68. The minimum Gasteiger partial charge on any atom is -0.313 e. The molecule has 0 aliphatic heterocycles. The van der Waals surface area contributed by atoms with Gasteiger partial charge >= 0.3 is 0 Å². The van der Waals surface area contributed by atoms with Crippen molar-refractivity contribution < 1.29 is 0 Å². The minimum atomic E-state index is 0.697. The van der Waals surface area contributed by atoms with Crippen LogP contribution in [0.2, 0.25) is 0 Å². The van der Waals surface area contributed by atoms with Crippen molar-refractivity contribution >= 4 is 27.7 Å². The molecule has 2 unspecified atom stereocenters. The average molecular weight is 328 g/mol. The molecule has 0 saturated heterocycles. The number of nitrogens with one attached hydrogen (secondary N) is 1. The predicted octanol–water partition coefficient (Wildman–Crippen LogP) is 4.85. The van der Waals surface area contributed by atoms with Gasteiger partial charge in [-0.2, -0.15) is 0 Å². The molecule has 3 heteroatoms. The molecule has 0 aromatic heterocycles. The van der Waals surface area contributed by atoms with Gasteiger partial charge in [-0.05, 0) is 44.0 Å². The van der Waals surface area contributed by atoms with Crippen LogP contribution in [0.5, 0.6) is 0 Å². The molecule has 0 spiro atoms. The van der Waals surface area contributed by atoms with E-state index in [2.05, 4.69) is 52.4 Å². The van der Waals surface area contributed by atoms with Gasteiger partial charge in [0.25, 0.3) is 0 Å². The van der Waals surface area contributed by atoms with Crippen LogP contribution in [-0.2, 0) is 0 Å². The lowest BCUT2D eigenvalue weighted by Crippen LogP contribution is -2.40. The monoisotopic (exact) mass is 327 g/mol. The van der Waals surface area contributed by atoms with Gasteiger partial charge in [0.15, 0.2) is 0 Å². The summed E-state index contributed by atoms with van der Waals surface area (Å²) in [5, 5.41) is 4.46. The SMILES string of the molecule is CCCNC1CCCCC1Sc1cccc(Br)c1. The zero-order chi connectivity index (χ0) is 12.8. The molecule has 100 valence electrons. The maximum atomic E-state index is 3.72. The first kappa shape index (κ1) is 14.4. The Morgan fingerprint density at radius 2 is 2.17 bits per heavy atom. The fourth-order valence-corrected chi connectivity index (χ4v) is 4.45. The Balaban J connectivity index is 1.96. The average Bonchev–Trinajstić information content (AvgIpc) is 2.38. The standard InChI is InChI=1S/C15H22BrNS/c1-2-10-17-14-8-3-4-9-15(14)18-13-7-5-6-12(16)11-13/h5-7,11,14-15,17H,2-4,8-10H2,1H3. The highest BCUT2D eigenvalue weighted by atomic mass is 79.9. The zero-order valence-electron chi connectivity index (χ0n) is 11.0. The van der Waals surface area contributed by atoms with E-state index >= 15 is 0 Å². The lowest BCUT2D eigenvalue weighted by molar-refractivity contribution is 0.384. The van der Waals surface area contributed by atoms with Crippen molar-refractivity contribution in [2.45, 2.75) is 55.2 Å². The van der Waals surface area contributed by atoms with Crippen LogP contribution in [0.15, 0.2) is 33.6 Å². The third-order valence-corrected chi connectivity index (χ3v) is 5.33. The van der Waals surface area contributed by atoms with Crippen molar-refractivity contribution in [3.8, 4) is 0 Å². The Morgan fingerprint density at radius 1 is 1.33 bits per heavy atom. The summed E-state index contributed by atoms with van der Waals surface area (Å²) in [7, 11) is 0. The zero-order valence-corrected chi connectivity index (χ0v) is 13.4. The third kappa shape index (κ3) is 4.29. The number of halogens is 1. The second-order valence-electron chi connectivity index (χ2n) is 4.96. The largest absolute Gasteiger partial charge is 0.313 e. The molecule has 1 aliphatic carbocycles. The summed E-state index contributed by atoms with van der Waals surface area (Å²) in [6.45, 7) is 3.40. The van der Waals surface area contributed by atoms with Crippen LogP contribution in [-0.4, -0.2) is 17.8 Å². The quantitative estimate of drug-likeness (QED) is 0.829. The Kier molecular flexibility index (Phi) is 6.06. The fraction of sp³-hybridized carbons (Fsp3) is 0.600. The first-order chi connectivity index (χ1) is 8.79. The van der Waals surface area contributed by atoms with E-state index in [9.17, 15) is 0 Å². The van der Waals surface area contributed by atoms with E-state index in [1.165, 1.54) is 41.5 Å². The second kappa shape index (κ2) is 7.56. The molecule has 2 rings (SSSR count). The highest BCUT2D eigenvalue weighted by Crippen LogP contribution is 2.34. The van der Waals surface area contributed by atoms with Crippen LogP contribution in [0, 0.1) is 0 Å². The van der Waals surface area contributed by atoms with Crippen LogP contribution in [0.25, 0.3) is 0 Å². The van der Waals surface area contributed by atoms with E-state index in [0.717, 1.165) is 11.8 Å². The van der Waals surface area contributed by atoms with Crippen molar-refractivity contribution in [2.24, 2.45) is 0 Å². The van der Waals surface area contributed by atoms with Gasteiger partial charge in [0.2, 0.25) is 0 Å². The van der Waals surface area contributed by atoms with Gasteiger partial charge in [0.05, 0.1) is 0 Å². The maximum Gasteiger partial charge on any atom is 0.0248 e. The van der Waals surface area contributed by atoms with Crippen molar-refractivity contribution in [1.29, 1.82) is 0 Å². The number of hydrogen-bond donors (Lipinski definition) is 1. The lowest BCUT2D eigenvalue weighted by atomic mass is 9.95. The number of rotatable bonds is 5. The van der Waals surface area contributed by atoms with Crippen molar-refractivity contribution in [3.05, 3.63) is 28.7 Å². The second-order valence-corrected chi connectivity index (χ2v) is 7.19. The van der Waals surface area contributed by atoms with Gasteiger partial charge in [0, 0.05) is 20.7 Å². The van der Waals surface area contributed by atoms with E-state index < -0.39 is 0 Å². The van der Waals surface area contributed by atoms with E-state index in [0.29, 0.717) is 6.04 Å². The molecule has 0 amide bonds. The number of hydrogen-bond acceptors (Lipinski definition) is 2. The third-order valence-electron chi connectivity index (χ3n) is 3.44. The molecule has 0 heterocycles. The Hall–Kier alpha value is 0.01000. The topological polar surface area (TPSA) is 12.0 Å². The Labute approximate surface area is 123 Å². The number of benzene rings is 1. The molecule has 1 aromatic carbocycles. The van der Waals surface area contributed by atoms with Crippen LogP contribution < -0.4 is 5.32 Å². The summed E-state index contributed by atoms with van der Waals surface area (Å²) in [5.41, 5.74) is 0. The summed E-state index contributed by atoms with van der Waals surface area (Å²) < 4.78 is 1.18. The van der Waals surface area contributed by atoms with Gasteiger partial charge < -0.3 is 5.32 Å². The van der Waals surface area contributed by atoms with Crippen LogP contribution in [0.1, 0.15) is 39.0 Å². The van der Waals surface area contributed by atoms with Crippen LogP contribution >= 0.6 is 27.7 Å². The lowest BCUT2D eigenvalue weighted by Gasteiger charge is -2.32. The highest BCUT2D eigenvalue weighted by Gasteiger charge is 2.25. The normalized spacial score (nSPS) is 24.1. The minimum absolute atomic E-state index is 0.697. The van der Waals surface area contributed by atoms with Crippen LogP contribution in [0.4, 0.5) is 0 Å². The Bertz CT molecular complexity index is 369. The van der Waals surface area contributed by atoms with Gasteiger partial charge in [-0.15, -0.1) is 11.8 Å². The van der Waals surface area contributed by atoms with Crippen molar-refractivity contribution in [2.75, 3.05) is 6.54 Å². The predicted molar refractivity (Wildman–Crippen MR) is 84.3 cm³/mol. The Morgan fingerprint density at radius 3 is 2.94 bits per heavy atom. The van der Waals surface area contributed by atoms with Gasteiger partial charge in [-0.25, -0.2) is 0 Å². The van der Waals surface area contributed by atoms with Gasteiger partial charge in [-0.3, -0.25) is 0 Å². The highest BCUT2D eigenvalue weighted by molar-refractivity contribution is 9.10. The maximum absolute atomic E-state index is 3.72. The van der Waals surface area contributed by atoms with Crippen molar-refractivity contribution in [3.63, 3.8) is 0 Å².